The molecule has 1 amide bonds. The van der Waals surface area contributed by atoms with Gasteiger partial charge in [0.05, 0.1) is 10.6 Å². The maximum absolute atomic E-state index is 12.8. The summed E-state index contributed by atoms with van der Waals surface area (Å²) in [5.41, 5.74) is 3.61. The fourth-order valence-electron chi connectivity index (χ4n) is 4.31. The maximum atomic E-state index is 12.8. The van der Waals surface area contributed by atoms with Crippen LogP contribution >= 0.6 is 11.6 Å². The van der Waals surface area contributed by atoms with Crippen LogP contribution < -0.4 is 10.0 Å². The third-order valence-corrected chi connectivity index (χ3v) is 10.1. The molecule has 0 bridgehead atoms. The zero-order chi connectivity index (χ0) is 27.5. The third-order valence-electron chi connectivity index (χ3n) is 6.65. The van der Waals surface area contributed by atoms with Crippen molar-refractivity contribution >= 4 is 48.9 Å². The van der Waals surface area contributed by atoms with E-state index in [0.717, 1.165) is 11.1 Å². The molecule has 0 radical (unpaired) electrons. The molecule has 8 nitrogen and oxygen atoms in total. The number of halogens is 1. The van der Waals surface area contributed by atoms with E-state index in [4.69, 9.17) is 11.6 Å². The molecule has 2 N–H and O–H groups in total. The molecule has 0 saturated carbocycles. The predicted octanol–water partition coefficient (Wildman–Crippen LogP) is 4.94. The highest BCUT2D eigenvalue weighted by Crippen LogP contribution is 2.25. The lowest BCUT2D eigenvalue weighted by Gasteiger charge is -2.30. The summed E-state index contributed by atoms with van der Waals surface area (Å²) in [5, 5.41) is 3.30. The van der Waals surface area contributed by atoms with Crippen LogP contribution in [0.5, 0.6) is 0 Å². The van der Waals surface area contributed by atoms with E-state index >= 15 is 0 Å². The van der Waals surface area contributed by atoms with E-state index in [1.807, 2.05) is 19.9 Å². The highest BCUT2D eigenvalue weighted by atomic mass is 35.5. The van der Waals surface area contributed by atoms with E-state index in [1.165, 1.54) is 28.6 Å². The average Bonchev–Trinajstić information content (AvgIpc) is 2.86. The number of anilines is 2. The van der Waals surface area contributed by atoms with Gasteiger partial charge in [0.1, 0.15) is 0 Å². The van der Waals surface area contributed by atoms with E-state index in [-0.39, 0.29) is 35.6 Å². The minimum atomic E-state index is -3.79. The van der Waals surface area contributed by atoms with Crippen LogP contribution in [0.15, 0.2) is 71.6 Å². The largest absolute Gasteiger partial charge is 0.326 e. The standard InChI is InChI=1S/C27H30ClN3O5S2/c1-19-6-7-25(16-20(19)2)30-38(35,36)26-10-8-24(9-11-26)29-27(32)22-12-14-31(15-13-22)37(33,34)18-21-4-3-5-23(28)17-21/h3-11,16-17,22,30H,12-15,18H2,1-2H3,(H,29,32). The highest BCUT2D eigenvalue weighted by Gasteiger charge is 2.31. The molecule has 0 aliphatic carbocycles. The monoisotopic (exact) mass is 575 g/mol. The van der Waals surface area contributed by atoms with Crippen molar-refractivity contribution in [3.8, 4) is 0 Å². The molecular formula is C27H30ClN3O5S2. The van der Waals surface area contributed by atoms with Crippen molar-refractivity contribution in [3.63, 3.8) is 0 Å². The van der Waals surface area contributed by atoms with Crippen molar-refractivity contribution in [2.75, 3.05) is 23.1 Å². The van der Waals surface area contributed by atoms with E-state index in [0.29, 0.717) is 34.8 Å². The van der Waals surface area contributed by atoms with Crippen LogP contribution in [0.2, 0.25) is 5.02 Å². The van der Waals surface area contributed by atoms with E-state index in [9.17, 15) is 21.6 Å². The number of nitrogens with zero attached hydrogens (tertiary/aromatic N) is 1. The van der Waals surface area contributed by atoms with Gasteiger partial charge in [-0.3, -0.25) is 9.52 Å². The molecule has 4 rings (SSSR count). The van der Waals surface area contributed by atoms with Gasteiger partial charge in [-0.15, -0.1) is 0 Å². The van der Waals surface area contributed by atoms with Gasteiger partial charge in [-0.1, -0.05) is 29.8 Å². The van der Waals surface area contributed by atoms with Gasteiger partial charge in [0.15, 0.2) is 0 Å². The Labute approximate surface area is 229 Å². The highest BCUT2D eigenvalue weighted by molar-refractivity contribution is 7.92. The number of carbonyl (C=O) groups excluding carboxylic acids is 1. The summed E-state index contributed by atoms with van der Waals surface area (Å²) >= 11 is 5.97. The summed E-state index contributed by atoms with van der Waals surface area (Å²) in [7, 11) is -7.31. The van der Waals surface area contributed by atoms with Crippen molar-refractivity contribution in [1.29, 1.82) is 0 Å². The number of benzene rings is 3. The SMILES string of the molecule is Cc1ccc(NS(=O)(=O)c2ccc(NC(=O)C3CCN(S(=O)(=O)Cc4cccc(Cl)c4)CC3)cc2)cc1C. The van der Waals surface area contributed by atoms with Crippen molar-refractivity contribution in [3.05, 3.63) is 88.4 Å². The molecule has 1 aliphatic rings. The van der Waals surface area contributed by atoms with Gasteiger partial charge in [-0.2, -0.15) is 0 Å². The number of aryl methyl sites for hydroxylation is 2. The fourth-order valence-corrected chi connectivity index (χ4v) is 7.12. The van der Waals surface area contributed by atoms with Crippen LogP contribution in [-0.4, -0.2) is 40.1 Å². The molecule has 1 fully saturated rings. The van der Waals surface area contributed by atoms with Gasteiger partial charge in [-0.05, 0) is 91.9 Å². The fraction of sp³-hybridized carbons (Fsp3) is 0.296. The van der Waals surface area contributed by atoms with Gasteiger partial charge in [0.2, 0.25) is 15.9 Å². The molecule has 0 aromatic heterocycles. The predicted molar refractivity (Wildman–Crippen MR) is 150 cm³/mol. The molecule has 11 heteroatoms. The first-order valence-corrected chi connectivity index (χ1v) is 15.6. The topological polar surface area (TPSA) is 113 Å². The summed E-state index contributed by atoms with van der Waals surface area (Å²) in [4.78, 5) is 12.9. The third kappa shape index (κ3) is 6.93. The van der Waals surface area contributed by atoms with Crippen LogP contribution in [0.25, 0.3) is 0 Å². The molecule has 0 spiro atoms. The van der Waals surface area contributed by atoms with Gasteiger partial charge < -0.3 is 5.32 Å². The smallest absolute Gasteiger partial charge is 0.261 e. The quantitative estimate of drug-likeness (QED) is 0.395. The van der Waals surface area contributed by atoms with Crippen LogP contribution in [0, 0.1) is 19.8 Å². The zero-order valence-electron chi connectivity index (χ0n) is 21.1. The van der Waals surface area contributed by atoms with Crippen LogP contribution in [-0.2, 0) is 30.6 Å². The molecule has 0 unspecified atom stereocenters. The number of hydrogen-bond donors (Lipinski definition) is 2. The molecule has 1 aliphatic heterocycles. The Morgan fingerprint density at radius 3 is 2.18 bits per heavy atom. The van der Waals surface area contributed by atoms with Gasteiger partial charge in [0, 0.05) is 35.4 Å². The lowest BCUT2D eigenvalue weighted by Crippen LogP contribution is -2.41. The number of carbonyl (C=O) groups is 1. The number of sulfonamides is 2. The van der Waals surface area contributed by atoms with E-state index in [1.54, 1.807) is 36.4 Å². The minimum absolute atomic E-state index is 0.0759. The first-order valence-electron chi connectivity index (χ1n) is 12.2. The van der Waals surface area contributed by atoms with Crippen LogP contribution in [0.3, 0.4) is 0 Å². The second kappa shape index (κ2) is 11.4. The Balaban J connectivity index is 1.32. The molecular weight excluding hydrogens is 546 g/mol. The minimum Gasteiger partial charge on any atom is -0.326 e. The summed E-state index contributed by atoms with van der Waals surface area (Å²) in [5.74, 6) is -0.707. The molecule has 202 valence electrons. The summed E-state index contributed by atoms with van der Waals surface area (Å²) < 4.78 is 55.2. The molecule has 3 aromatic carbocycles. The van der Waals surface area contributed by atoms with Gasteiger partial charge in [-0.25, -0.2) is 21.1 Å². The number of rotatable bonds is 8. The lowest BCUT2D eigenvalue weighted by atomic mass is 9.97. The van der Waals surface area contributed by atoms with E-state index < -0.39 is 20.0 Å². The summed E-state index contributed by atoms with van der Waals surface area (Å²) in [6.45, 7) is 4.37. The normalized spacial score (nSPS) is 15.2. The Hall–Kier alpha value is -2.92. The van der Waals surface area contributed by atoms with Gasteiger partial charge >= 0.3 is 0 Å². The van der Waals surface area contributed by atoms with Crippen molar-refractivity contribution in [2.24, 2.45) is 5.92 Å². The molecule has 38 heavy (non-hydrogen) atoms. The second-order valence-corrected chi connectivity index (χ2v) is 13.6. The maximum Gasteiger partial charge on any atom is 0.261 e. The Morgan fingerprint density at radius 2 is 1.55 bits per heavy atom. The average molecular weight is 576 g/mol. The number of nitrogens with one attached hydrogen (secondary N) is 2. The van der Waals surface area contributed by atoms with Gasteiger partial charge in [0.25, 0.3) is 10.0 Å². The Kier molecular flexibility index (Phi) is 8.46. The van der Waals surface area contributed by atoms with Crippen molar-refractivity contribution in [1.82, 2.24) is 4.31 Å². The first-order chi connectivity index (χ1) is 17.9. The zero-order valence-corrected chi connectivity index (χ0v) is 23.5. The van der Waals surface area contributed by atoms with Crippen molar-refractivity contribution in [2.45, 2.75) is 37.3 Å². The number of piperidine rings is 1. The lowest BCUT2D eigenvalue weighted by molar-refractivity contribution is -0.120. The molecule has 3 aromatic rings. The second-order valence-electron chi connectivity index (χ2n) is 9.48. The molecule has 1 saturated heterocycles. The first kappa shape index (κ1) is 28.1. The van der Waals surface area contributed by atoms with E-state index in [2.05, 4.69) is 10.0 Å². The summed E-state index contributed by atoms with van der Waals surface area (Å²) in [6.07, 6.45) is 0.792. The van der Waals surface area contributed by atoms with Crippen molar-refractivity contribution < 1.29 is 21.6 Å². The van der Waals surface area contributed by atoms with Crippen LogP contribution in [0.1, 0.15) is 29.5 Å². The molecule has 0 atom stereocenters. The molecule has 1 heterocycles. The number of hydrogen-bond acceptors (Lipinski definition) is 5. The Morgan fingerprint density at radius 1 is 0.895 bits per heavy atom. The Bertz CT molecular complexity index is 1530. The van der Waals surface area contributed by atoms with Crippen LogP contribution in [0.4, 0.5) is 11.4 Å². The number of amides is 1. The summed E-state index contributed by atoms with van der Waals surface area (Å²) in [6, 6.07) is 18.0.